The molecule has 3 amide bonds. The molecule has 0 fully saturated rings. The average molecular weight is 466 g/mol. The number of rotatable bonds is 4. The van der Waals surface area contributed by atoms with Gasteiger partial charge in [-0.05, 0) is 42.8 Å². The van der Waals surface area contributed by atoms with Crippen molar-refractivity contribution in [2.45, 2.75) is 6.92 Å². The molecule has 0 spiro atoms. The number of pyridine rings is 2. The summed E-state index contributed by atoms with van der Waals surface area (Å²) in [5, 5.41) is 9.56. The van der Waals surface area contributed by atoms with Gasteiger partial charge < -0.3 is 16.0 Å². The number of para-hydroxylation sites is 1. The van der Waals surface area contributed by atoms with E-state index in [0.717, 1.165) is 5.56 Å². The first kappa shape index (κ1) is 21.5. The highest BCUT2D eigenvalue weighted by Crippen LogP contribution is 2.31. The van der Waals surface area contributed by atoms with E-state index in [4.69, 9.17) is 23.2 Å². The maximum atomic E-state index is 12.8. The van der Waals surface area contributed by atoms with E-state index in [1.54, 1.807) is 61.1 Å². The van der Waals surface area contributed by atoms with Gasteiger partial charge in [0, 0.05) is 17.8 Å². The summed E-state index contributed by atoms with van der Waals surface area (Å²) in [7, 11) is 0. The van der Waals surface area contributed by atoms with Gasteiger partial charge in [0.15, 0.2) is 0 Å². The lowest BCUT2D eigenvalue weighted by molar-refractivity contribution is 0.102. The Kier molecular flexibility index (Phi) is 6.20. The van der Waals surface area contributed by atoms with Crippen LogP contribution in [-0.4, -0.2) is 21.9 Å². The van der Waals surface area contributed by atoms with E-state index in [9.17, 15) is 9.59 Å². The fourth-order valence-corrected chi connectivity index (χ4v) is 3.77. The van der Waals surface area contributed by atoms with Crippen LogP contribution >= 0.6 is 23.2 Å². The van der Waals surface area contributed by atoms with Crippen LogP contribution in [0.5, 0.6) is 0 Å². The molecule has 0 saturated heterocycles. The summed E-state index contributed by atoms with van der Waals surface area (Å²) in [6, 6.07) is 13.2. The summed E-state index contributed by atoms with van der Waals surface area (Å²) in [5.74, 6) is -0.459. The molecule has 0 saturated carbocycles. The van der Waals surface area contributed by atoms with Crippen molar-refractivity contribution >= 4 is 63.1 Å². The minimum absolute atomic E-state index is 0.175. The number of nitrogens with one attached hydrogen (secondary N) is 3. The molecule has 0 radical (unpaired) electrons. The lowest BCUT2D eigenvalue weighted by atomic mass is 10.1. The maximum absolute atomic E-state index is 12.8. The average Bonchev–Trinajstić information content (AvgIpc) is 2.76. The van der Waals surface area contributed by atoms with E-state index in [-0.39, 0.29) is 15.6 Å². The molecule has 0 aliphatic carbocycles. The second-order valence-electron chi connectivity index (χ2n) is 6.89. The molecule has 2 heterocycles. The first-order valence-corrected chi connectivity index (χ1v) is 10.3. The number of anilines is 3. The minimum Gasteiger partial charge on any atom is -0.320 e. The predicted octanol–water partition coefficient (Wildman–Crippen LogP) is 6.14. The SMILES string of the molecule is Cc1cnc2c(NC(=O)c3c(Cl)cccc3Cl)cccc2c1NC(=O)Nc1cccnc1. The molecule has 0 unspecified atom stereocenters. The summed E-state index contributed by atoms with van der Waals surface area (Å²) in [6.07, 6.45) is 4.79. The zero-order chi connectivity index (χ0) is 22.7. The molecule has 7 nitrogen and oxygen atoms in total. The number of halogens is 2. The predicted molar refractivity (Wildman–Crippen MR) is 128 cm³/mol. The van der Waals surface area contributed by atoms with E-state index in [2.05, 4.69) is 25.9 Å². The van der Waals surface area contributed by atoms with Crippen molar-refractivity contribution in [1.82, 2.24) is 9.97 Å². The number of urea groups is 1. The van der Waals surface area contributed by atoms with Gasteiger partial charge in [0.2, 0.25) is 0 Å². The third-order valence-corrected chi connectivity index (χ3v) is 5.31. The molecule has 9 heteroatoms. The monoisotopic (exact) mass is 465 g/mol. The van der Waals surface area contributed by atoms with E-state index in [0.29, 0.717) is 28.0 Å². The van der Waals surface area contributed by atoms with Crippen LogP contribution in [0.4, 0.5) is 21.9 Å². The zero-order valence-corrected chi connectivity index (χ0v) is 18.3. The topological polar surface area (TPSA) is 96.0 Å². The molecule has 4 aromatic rings. The van der Waals surface area contributed by atoms with Crippen molar-refractivity contribution < 1.29 is 9.59 Å². The molecule has 160 valence electrons. The van der Waals surface area contributed by atoms with Crippen molar-refractivity contribution in [3.63, 3.8) is 0 Å². The highest BCUT2D eigenvalue weighted by molar-refractivity contribution is 6.40. The molecule has 0 bridgehead atoms. The summed E-state index contributed by atoms with van der Waals surface area (Å²) in [4.78, 5) is 33.8. The second-order valence-corrected chi connectivity index (χ2v) is 7.70. The number of fused-ring (bicyclic) bond motifs is 1. The lowest BCUT2D eigenvalue weighted by Gasteiger charge is -2.15. The van der Waals surface area contributed by atoms with Gasteiger partial charge in [0.25, 0.3) is 5.91 Å². The van der Waals surface area contributed by atoms with Crippen LogP contribution in [0.25, 0.3) is 10.9 Å². The molecule has 4 rings (SSSR count). The number of carbonyl (C=O) groups excluding carboxylic acids is 2. The molecule has 0 aliphatic heterocycles. The number of benzene rings is 2. The summed E-state index contributed by atoms with van der Waals surface area (Å²) < 4.78 is 0. The molecule has 0 atom stereocenters. The quantitative estimate of drug-likeness (QED) is 0.337. The van der Waals surface area contributed by atoms with E-state index < -0.39 is 11.9 Å². The third kappa shape index (κ3) is 4.49. The molecule has 0 aliphatic rings. The highest BCUT2D eigenvalue weighted by Gasteiger charge is 2.17. The summed E-state index contributed by atoms with van der Waals surface area (Å²) >= 11 is 12.3. The van der Waals surface area contributed by atoms with Gasteiger partial charge in [-0.25, -0.2) is 4.79 Å². The van der Waals surface area contributed by atoms with Crippen LogP contribution in [0.3, 0.4) is 0 Å². The number of hydrogen-bond acceptors (Lipinski definition) is 4. The lowest BCUT2D eigenvalue weighted by Crippen LogP contribution is -2.20. The van der Waals surface area contributed by atoms with Crippen LogP contribution in [-0.2, 0) is 0 Å². The van der Waals surface area contributed by atoms with Crippen LogP contribution in [0.2, 0.25) is 10.0 Å². The van der Waals surface area contributed by atoms with Crippen LogP contribution in [0.15, 0.2) is 67.1 Å². The van der Waals surface area contributed by atoms with Crippen molar-refractivity contribution in [2.24, 2.45) is 0 Å². The van der Waals surface area contributed by atoms with Crippen molar-refractivity contribution in [3.05, 3.63) is 88.3 Å². The second kappa shape index (κ2) is 9.21. The van der Waals surface area contributed by atoms with E-state index in [1.807, 2.05) is 13.0 Å². The first-order valence-electron chi connectivity index (χ1n) is 9.56. The number of hydrogen-bond donors (Lipinski definition) is 3. The van der Waals surface area contributed by atoms with Crippen LogP contribution in [0, 0.1) is 6.92 Å². The molecule has 2 aromatic carbocycles. The molecule has 2 aromatic heterocycles. The molecule has 32 heavy (non-hydrogen) atoms. The Morgan fingerprint density at radius 1 is 0.875 bits per heavy atom. The number of nitrogens with zero attached hydrogens (tertiary/aromatic N) is 2. The highest BCUT2D eigenvalue weighted by atomic mass is 35.5. The van der Waals surface area contributed by atoms with Crippen molar-refractivity contribution in [3.8, 4) is 0 Å². The Morgan fingerprint density at radius 2 is 1.62 bits per heavy atom. The van der Waals surface area contributed by atoms with E-state index in [1.165, 1.54) is 0 Å². The number of carbonyl (C=O) groups is 2. The first-order chi connectivity index (χ1) is 15.4. The van der Waals surface area contributed by atoms with Gasteiger partial charge in [-0.2, -0.15) is 0 Å². The largest absolute Gasteiger partial charge is 0.323 e. The Labute approximate surface area is 193 Å². The summed E-state index contributed by atoms with van der Waals surface area (Å²) in [6.45, 7) is 1.83. The maximum Gasteiger partial charge on any atom is 0.323 e. The Morgan fingerprint density at radius 3 is 2.34 bits per heavy atom. The fraction of sp³-hybridized carbons (Fsp3) is 0.0435. The van der Waals surface area contributed by atoms with E-state index >= 15 is 0 Å². The van der Waals surface area contributed by atoms with Crippen molar-refractivity contribution in [2.75, 3.05) is 16.0 Å². The Hall–Kier alpha value is -3.68. The van der Waals surface area contributed by atoms with Gasteiger partial charge in [0.1, 0.15) is 0 Å². The van der Waals surface area contributed by atoms with Gasteiger partial charge in [-0.15, -0.1) is 0 Å². The number of aromatic nitrogens is 2. The standard InChI is InChI=1S/C23H17Cl2N5O2/c1-13-11-27-21-15(20(13)30-23(32)28-14-5-4-10-26-12-14)6-2-9-18(21)29-22(31)19-16(24)7-3-8-17(19)25/h2-12H,1H3,(H,29,31)(H2,27,28,30,32). The van der Waals surface area contributed by atoms with Crippen LogP contribution < -0.4 is 16.0 Å². The summed E-state index contributed by atoms with van der Waals surface area (Å²) in [5.41, 5.74) is 3.03. The van der Waals surface area contributed by atoms with Crippen molar-refractivity contribution in [1.29, 1.82) is 0 Å². The Bertz CT molecular complexity index is 1310. The molecular formula is C23H17Cl2N5O2. The minimum atomic E-state index is -0.459. The smallest absolute Gasteiger partial charge is 0.320 e. The fourth-order valence-electron chi connectivity index (χ4n) is 3.20. The Balaban J connectivity index is 1.65. The van der Waals surface area contributed by atoms with Gasteiger partial charge in [-0.3, -0.25) is 14.8 Å². The van der Waals surface area contributed by atoms with Gasteiger partial charge >= 0.3 is 6.03 Å². The number of aryl methyl sites for hydroxylation is 1. The van der Waals surface area contributed by atoms with Crippen LogP contribution in [0.1, 0.15) is 15.9 Å². The normalized spacial score (nSPS) is 10.6. The third-order valence-electron chi connectivity index (χ3n) is 4.68. The molecular weight excluding hydrogens is 449 g/mol. The zero-order valence-electron chi connectivity index (χ0n) is 16.8. The van der Waals surface area contributed by atoms with Gasteiger partial charge in [0.05, 0.1) is 44.4 Å². The molecule has 3 N–H and O–H groups in total. The van der Waals surface area contributed by atoms with Gasteiger partial charge in [-0.1, -0.05) is 41.4 Å². The number of amides is 3.